The lowest BCUT2D eigenvalue weighted by Gasteiger charge is -2.04. The fourth-order valence-corrected chi connectivity index (χ4v) is 2.39. The zero-order chi connectivity index (χ0) is 17.1. The average molecular weight is 326 g/mol. The molecule has 0 atom stereocenters. The Morgan fingerprint density at radius 2 is 1.92 bits per heavy atom. The van der Waals surface area contributed by atoms with Gasteiger partial charge in [0.05, 0.1) is 12.8 Å². The van der Waals surface area contributed by atoms with Gasteiger partial charge in [-0.25, -0.2) is 0 Å². The van der Waals surface area contributed by atoms with Gasteiger partial charge in [0, 0.05) is 17.7 Å². The maximum absolute atomic E-state index is 12.3. The van der Waals surface area contributed by atoms with Gasteiger partial charge in [-0.1, -0.05) is 5.16 Å². The number of amides is 1. The zero-order valence-corrected chi connectivity index (χ0v) is 13.8. The quantitative estimate of drug-likeness (QED) is 0.773. The predicted molar refractivity (Wildman–Crippen MR) is 88.4 cm³/mol. The van der Waals surface area contributed by atoms with E-state index in [4.69, 9.17) is 13.7 Å². The first kappa shape index (κ1) is 15.9. The second-order valence-corrected chi connectivity index (χ2v) is 5.43. The van der Waals surface area contributed by atoms with Crippen LogP contribution >= 0.6 is 0 Å². The lowest BCUT2D eigenvalue weighted by molar-refractivity contribution is 0.0995. The van der Waals surface area contributed by atoms with Crippen molar-refractivity contribution in [3.8, 4) is 5.75 Å². The molecule has 0 aliphatic rings. The molecule has 2 aromatic heterocycles. The number of nitrogens with one attached hydrogen (secondary N) is 1. The van der Waals surface area contributed by atoms with Crippen LogP contribution < -0.4 is 10.1 Å². The lowest BCUT2D eigenvalue weighted by atomic mass is 10.1. The molecule has 2 heterocycles. The van der Waals surface area contributed by atoms with Gasteiger partial charge in [-0.2, -0.15) is 0 Å². The number of aromatic nitrogens is 1. The zero-order valence-electron chi connectivity index (χ0n) is 13.8. The van der Waals surface area contributed by atoms with E-state index < -0.39 is 0 Å². The standard InChI is InChI=1S/C18H18N2O4/c1-11-16(12(2)24-20-11)10-15-8-9-17(23-15)18(21)19-13-4-6-14(22-3)7-5-13/h4-9H,10H2,1-3H3,(H,19,21). The number of carbonyl (C=O) groups excluding carboxylic acids is 1. The number of anilines is 1. The normalized spacial score (nSPS) is 10.6. The van der Waals surface area contributed by atoms with Crippen molar-refractivity contribution < 1.29 is 18.5 Å². The van der Waals surface area contributed by atoms with Crippen molar-refractivity contribution in [2.75, 3.05) is 12.4 Å². The minimum Gasteiger partial charge on any atom is -0.497 e. The van der Waals surface area contributed by atoms with E-state index in [9.17, 15) is 4.79 Å². The molecular formula is C18H18N2O4. The molecule has 0 bridgehead atoms. The van der Waals surface area contributed by atoms with Crippen molar-refractivity contribution in [1.82, 2.24) is 5.16 Å². The Morgan fingerprint density at radius 3 is 2.54 bits per heavy atom. The summed E-state index contributed by atoms with van der Waals surface area (Å²) in [6.07, 6.45) is 0.539. The number of benzene rings is 1. The van der Waals surface area contributed by atoms with Crippen LogP contribution in [-0.4, -0.2) is 18.2 Å². The van der Waals surface area contributed by atoms with Crippen LogP contribution in [0.15, 0.2) is 45.3 Å². The van der Waals surface area contributed by atoms with Gasteiger partial charge >= 0.3 is 0 Å². The number of rotatable bonds is 5. The monoisotopic (exact) mass is 326 g/mol. The summed E-state index contributed by atoms with van der Waals surface area (Å²) in [6.45, 7) is 3.74. The highest BCUT2D eigenvalue weighted by molar-refractivity contribution is 6.02. The van der Waals surface area contributed by atoms with Gasteiger partial charge in [-0.15, -0.1) is 0 Å². The Labute approximate surface area is 139 Å². The number of hydrogen-bond acceptors (Lipinski definition) is 5. The fraction of sp³-hybridized carbons (Fsp3) is 0.222. The summed E-state index contributed by atoms with van der Waals surface area (Å²) in [5.74, 6) is 2.13. The maximum atomic E-state index is 12.3. The third-order valence-corrected chi connectivity index (χ3v) is 3.77. The number of nitrogens with zero attached hydrogens (tertiary/aromatic N) is 1. The van der Waals surface area contributed by atoms with E-state index in [1.807, 2.05) is 13.8 Å². The van der Waals surface area contributed by atoms with Crippen molar-refractivity contribution in [3.63, 3.8) is 0 Å². The van der Waals surface area contributed by atoms with Crippen LogP contribution in [0, 0.1) is 13.8 Å². The summed E-state index contributed by atoms with van der Waals surface area (Å²) in [4.78, 5) is 12.3. The minimum atomic E-state index is -0.301. The van der Waals surface area contributed by atoms with Crippen LogP contribution in [-0.2, 0) is 6.42 Å². The van der Waals surface area contributed by atoms with Crippen molar-refractivity contribution in [2.24, 2.45) is 0 Å². The summed E-state index contributed by atoms with van der Waals surface area (Å²) < 4.78 is 15.9. The Kier molecular flexibility index (Phi) is 4.37. The Morgan fingerprint density at radius 1 is 1.17 bits per heavy atom. The van der Waals surface area contributed by atoms with Crippen molar-refractivity contribution in [3.05, 3.63) is 64.9 Å². The number of aryl methyl sites for hydroxylation is 2. The second kappa shape index (κ2) is 6.62. The van der Waals surface area contributed by atoms with Crippen LogP contribution in [0.1, 0.15) is 33.3 Å². The highest BCUT2D eigenvalue weighted by Gasteiger charge is 2.15. The van der Waals surface area contributed by atoms with E-state index in [0.717, 1.165) is 22.8 Å². The lowest BCUT2D eigenvalue weighted by Crippen LogP contribution is -2.10. The van der Waals surface area contributed by atoms with E-state index in [1.165, 1.54) is 0 Å². The SMILES string of the molecule is COc1ccc(NC(=O)c2ccc(Cc3c(C)noc3C)o2)cc1. The predicted octanol–water partition coefficient (Wildman–Crippen LogP) is 3.74. The largest absolute Gasteiger partial charge is 0.497 e. The number of methoxy groups -OCH3 is 1. The van der Waals surface area contributed by atoms with Crippen LogP contribution in [0.5, 0.6) is 5.75 Å². The van der Waals surface area contributed by atoms with E-state index in [2.05, 4.69) is 10.5 Å². The molecule has 0 unspecified atom stereocenters. The number of carbonyl (C=O) groups is 1. The molecule has 1 amide bonds. The Balaban J connectivity index is 1.69. The van der Waals surface area contributed by atoms with Gasteiger partial charge in [0.25, 0.3) is 5.91 Å². The van der Waals surface area contributed by atoms with Gasteiger partial charge in [-0.3, -0.25) is 4.79 Å². The van der Waals surface area contributed by atoms with Gasteiger partial charge < -0.3 is 19.0 Å². The highest BCUT2D eigenvalue weighted by atomic mass is 16.5. The molecule has 1 aromatic carbocycles. The van der Waals surface area contributed by atoms with Gasteiger partial charge in [0.15, 0.2) is 5.76 Å². The second-order valence-electron chi connectivity index (χ2n) is 5.43. The van der Waals surface area contributed by atoms with Gasteiger partial charge in [0.1, 0.15) is 17.3 Å². The fourth-order valence-electron chi connectivity index (χ4n) is 2.39. The van der Waals surface area contributed by atoms with Crippen LogP contribution in [0.3, 0.4) is 0 Å². The van der Waals surface area contributed by atoms with Crippen molar-refractivity contribution in [1.29, 1.82) is 0 Å². The number of ether oxygens (including phenoxy) is 1. The van der Waals surface area contributed by atoms with Crippen LogP contribution in [0.2, 0.25) is 0 Å². The summed E-state index contributed by atoms with van der Waals surface area (Å²) in [5.41, 5.74) is 2.48. The molecular weight excluding hydrogens is 308 g/mol. The smallest absolute Gasteiger partial charge is 0.291 e. The van der Waals surface area contributed by atoms with E-state index >= 15 is 0 Å². The molecule has 124 valence electrons. The maximum Gasteiger partial charge on any atom is 0.291 e. The average Bonchev–Trinajstić information content (AvgIpc) is 3.18. The Hall–Kier alpha value is -3.02. The van der Waals surface area contributed by atoms with E-state index in [1.54, 1.807) is 43.5 Å². The molecule has 6 heteroatoms. The van der Waals surface area contributed by atoms with Crippen molar-refractivity contribution >= 4 is 11.6 Å². The molecule has 0 saturated heterocycles. The first-order chi connectivity index (χ1) is 11.6. The molecule has 0 radical (unpaired) electrons. The molecule has 0 aliphatic heterocycles. The van der Waals surface area contributed by atoms with Crippen LogP contribution in [0.25, 0.3) is 0 Å². The Bertz CT molecular complexity index is 827. The third kappa shape index (κ3) is 3.32. The van der Waals surface area contributed by atoms with Crippen LogP contribution in [0.4, 0.5) is 5.69 Å². The van der Waals surface area contributed by atoms with E-state index in [0.29, 0.717) is 17.9 Å². The molecule has 0 aliphatic carbocycles. The summed E-state index contributed by atoms with van der Waals surface area (Å²) in [5, 5.41) is 6.70. The van der Waals surface area contributed by atoms with Crippen molar-refractivity contribution in [2.45, 2.75) is 20.3 Å². The van der Waals surface area contributed by atoms with E-state index in [-0.39, 0.29) is 11.7 Å². The topological polar surface area (TPSA) is 77.5 Å². The molecule has 0 fully saturated rings. The third-order valence-electron chi connectivity index (χ3n) is 3.77. The molecule has 1 N–H and O–H groups in total. The molecule has 3 aromatic rings. The molecule has 24 heavy (non-hydrogen) atoms. The van der Waals surface area contributed by atoms with Gasteiger partial charge in [-0.05, 0) is 50.2 Å². The number of hydrogen-bond donors (Lipinski definition) is 1. The summed E-state index contributed by atoms with van der Waals surface area (Å²) >= 11 is 0. The molecule has 3 rings (SSSR count). The summed E-state index contributed by atoms with van der Waals surface area (Å²) in [6, 6.07) is 10.5. The first-order valence-electron chi connectivity index (χ1n) is 7.52. The minimum absolute atomic E-state index is 0.257. The molecule has 0 saturated carbocycles. The summed E-state index contributed by atoms with van der Waals surface area (Å²) in [7, 11) is 1.59. The number of furan rings is 1. The van der Waals surface area contributed by atoms with Gasteiger partial charge in [0.2, 0.25) is 0 Å². The molecule has 0 spiro atoms. The highest BCUT2D eigenvalue weighted by Crippen LogP contribution is 2.20. The molecule has 6 nitrogen and oxygen atoms in total. The first-order valence-corrected chi connectivity index (χ1v) is 7.52.